The van der Waals surface area contributed by atoms with Crippen molar-refractivity contribution in [3.8, 4) is 0 Å². The molecule has 0 saturated heterocycles. The first-order valence-electron chi connectivity index (χ1n) is 16.3. The lowest BCUT2D eigenvalue weighted by Gasteiger charge is -2.38. The molecule has 0 radical (unpaired) electrons. The molecule has 1 aliphatic carbocycles. The predicted octanol–water partition coefficient (Wildman–Crippen LogP) is 9.36. The van der Waals surface area contributed by atoms with Gasteiger partial charge in [-0.3, -0.25) is 9.59 Å². The van der Waals surface area contributed by atoms with Crippen LogP contribution in [0.3, 0.4) is 0 Å². The highest BCUT2D eigenvalue weighted by Gasteiger charge is 2.29. The summed E-state index contributed by atoms with van der Waals surface area (Å²) in [5.41, 5.74) is 10.9. The number of hydrogen-bond acceptors (Lipinski definition) is 6. The quantitative estimate of drug-likeness (QED) is 0.0665. The number of benzene rings is 3. The molecule has 1 fully saturated rings. The van der Waals surface area contributed by atoms with Crippen molar-refractivity contribution in [3.05, 3.63) is 85.8 Å². The third-order valence-corrected chi connectivity index (χ3v) is 10.1. The number of anilines is 3. The van der Waals surface area contributed by atoms with E-state index >= 15 is 0 Å². The minimum absolute atomic E-state index is 0.106. The molecule has 248 valence electrons. The molecule has 1 amide bonds. The Morgan fingerprint density at radius 1 is 0.935 bits per heavy atom. The van der Waals surface area contributed by atoms with Gasteiger partial charge in [0.25, 0.3) is 5.91 Å². The van der Waals surface area contributed by atoms with E-state index in [0.29, 0.717) is 46.7 Å². The summed E-state index contributed by atoms with van der Waals surface area (Å²) in [7, 11) is 0. The largest absolute Gasteiger partial charge is 0.465 e. The van der Waals surface area contributed by atoms with Crippen LogP contribution in [-0.4, -0.2) is 30.6 Å². The Kier molecular flexibility index (Phi) is 14.1. The molecule has 0 bridgehead atoms. The minimum atomic E-state index is -0.292. The molecule has 0 aliphatic heterocycles. The maximum absolute atomic E-state index is 12.9. The number of nitrogen functional groups attached to an aromatic ring is 1. The van der Waals surface area contributed by atoms with Crippen molar-refractivity contribution in [2.24, 2.45) is 0 Å². The van der Waals surface area contributed by atoms with Gasteiger partial charge in [0, 0.05) is 34.4 Å². The lowest BCUT2D eigenvalue weighted by Crippen LogP contribution is -2.45. The molecule has 0 aromatic heterocycles. The molecule has 0 unspecified atom stereocenters. The molecular weight excluding hydrogens is 687 g/mol. The first kappa shape index (κ1) is 36.1. The van der Waals surface area contributed by atoms with Crippen LogP contribution in [0, 0.1) is 0 Å². The molecule has 0 spiro atoms. The van der Waals surface area contributed by atoms with Crippen LogP contribution in [0.15, 0.2) is 59.1 Å². The van der Waals surface area contributed by atoms with Crippen molar-refractivity contribution < 1.29 is 14.3 Å². The van der Waals surface area contributed by atoms with E-state index in [4.69, 9.17) is 33.7 Å². The summed E-state index contributed by atoms with van der Waals surface area (Å²) in [5.74, 6) is -0.398. The van der Waals surface area contributed by atoms with Gasteiger partial charge in [-0.2, -0.15) is 0 Å². The van der Waals surface area contributed by atoms with Gasteiger partial charge in [-0.15, -0.1) is 0 Å². The second-order valence-electron chi connectivity index (χ2n) is 12.0. The van der Waals surface area contributed by atoms with Crippen molar-refractivity contribution in [1.29, 1.82) is 0 Å². The van der Waals surface area contributed by atoms with Gasteiger partial charge in [-0.1, -0.05) is 80.1 Å². The molecule has 0 heterocycles. The van der Waals surface area contributed by atoms with E-state index in [9.17, 15) is 9.59 Å². The van der Waals surface area contributed by atoms with Crippen LogP contribution in [0.5, 0.6) is 0 Å². The third kappa shape index (κ3) is 10.4. The summed E-state index contributed by atoms with van der Waals surface area (Å²) < 4.78 is 6.24. The second-order valence-corrected chi connectivity index (χ2v) is 13.7. The fourth-order valence-electron chi connectivity index (χ4n) is 5.94. The molecule has 3 aromatic carbocycles. The second kappa shape index (κ2) is 17.9. The first-order valence-corrected chi connectivity index (χ1v) is 17.8. The minimum Gasteiger partial charge on any atom is -0.465 e. The summed E-state index contributed by atoms with van der Waals surface area (Å²) in [6.07, 6.45) is 10.8. The summed E-state index contributed by atoms with van der Waals surface area (Å²) in [6, 6.07) is 16.5. The lowest BCUT2D eigenvalue weighted by molar-refractivity contribution is -0.142. The Morgan fingerprint density at radius 2 is 1.65 bits per heavy atom. The van der Waals surface area contributed by atoms with Crippen LogP contribution in [0.4, 0.5) is 17.1 Å². The topological polar surface area (TPSA) is 105 Å². The van der Waals surface area contributed by atoms with Crippen molar-refractivity contribution in [2.75, 3.05) is 24.2 Å². The zero-order chi connectivity index (χ0) is 32.9. The molecule has 7 nitrogen and oxygen atoms in total. The highest BCUT2D eigenvalue weighted by atomic mass is 79.9. The van der Waals surface area contributed by atoms with E-state index in [-0.39, 0.29) is 23.8 Å². The lowest BCUT2D eigenvalue weighted by atomic mass is 9.79. The number of unbranched alkanes of at least 4 members (excludes halogenated alkanes) is 3. The van der Waals surface area contributed by atoms with Gasteiger partial charge in [-0.25, -0.2) is 0 Å². The Balaban J connectivity index is 1.14. The van der Waals surface area contributed by atoms with Gasteiger partial charge in [0.15, 0.2) is 0 Å². The van der Waals surface area contributed by atoms with Crippen LogP contribution < -0.4 is 21.7 Å². The highest BCUT2D eigenvalue weighted by molar-refractivity contribution is 9.10. The van der Waals surface area contributed by atoms with Gasteiger partial charge in [-0.05, 0) is 95.9 Å². The summed E-state index contributed by atoms with van der Waals surface area (Å²) in [5, 5.41) is 11.0. The molecule has 1 aliphatic rings. The first-order chi connectivity index (χ1) is 22.2. The normalized spacial score (nSPS) is 14.1. The molecule has 0 atom stereocenters. The van der Waals surface area contributed by atoms with E-state index in [2.05, 4.69) is 38.8 Å². The van der Waals surface area contributed by atoms with Crippen LogP contribution in [0.1, 0.15) is 92.6 Å². The number of esters is 1. The number of para-hydroxylation sites is 2. The number of hydrogen-bond donors (Lipinski definition) is 4. The molecule has 5 N–H and O–H groups in total. The van der Waals surface area contributed by atoms with Gasteiger partial charge < -0.3 is 26.4 Å². The number of halogens is 3. The van der Waals surface area contributed by atoms with E-state index < -0.39 is 0 Å². The number of carbonyl (C=O) groups is 2. The van der Waals surface area contributed by atoms with E-state index in [1.807, 2.05) is 30.3 Å². The number of nitrogens with two attached hydrogens (primary N) is 1. The molecular formula is C36H45BrCl2N4O3. The van der Waals surface area contributed by atoms with Crippen molar-refractivity contribution in [1.82, 2.24) is 10.6 Å². The van der Waals surface area contributed by atoms with Gasteiger partial charge >= 0.3 is 5.97 Å². The molecule has 4 rings (SSSR count). The Bertz CT molecular complexity index is 1460. The number of ether oxygens (including phenoxy) is 1. The Hall–Kier alpha value is -2.78. The number of amides is 1. The average molecular weight is 733 g/mol. The fourth-order valence-corrected chi connectivity index (χ4v) is 6.94. The Labute approximate surface area is 291 Å². The fraction of sp³-hybridized carbons (Fsp3) is 0.444. The standard InChI is InChI=1S/C36H45BrCl2N4O3/c1-2-36(17-8-5-9-18-36)42-24-27-21-26(22-28(37)33(27)40)35(45)41-19-10-3-4-11-20-46-32(44)23-25-13-6-7-16-31(25)43-34-29(38)14-12-15-30(34)39/h6-7,12-16,21-22,42-43H,2-5,8-11,17-20,23-24,40H2,1H3,(H,41,45). The van der Waals surface area contributed by atoms with Crippen LogP contribution in [0.25, 0.3) is 0 Å². The third-order valence-electron chi connectivity index (χ3n) is 8.81. The highest BCUT2D eigenvalue weighted by Crippen LogP contribution is 2.34. The van der Waals surface area contributed by atoms with E-state index in [1.165, 1.54) is 32.1 Å². The molecule has 10 heteroatoms. The van der Waals surface area contributed by atoms with Crippen LogP contribution >= 0.6 is 39.1 Å². The number of nitrogens with one attached hydrogen (secondary N) is 3. The van der Waals surface area contributed by atoms with Crippen molar-refractivity contribution in [3.63, 3.8) is 0 Å². The maximum atomic E-state index is 12.9. The van der Waals surface area contributed by atoms with E-state index in [1.54, 1.807) is 24.3 Å². The van der Waals surface area contributed by atoms with Crippen LogP contribution in [0.2, 0.25) is 10.0 Å². The SMILES string of the molecule is CCC1(NCc2cc(C(=O)NCCCCCCOC(=O)Cc3ccccc3Nc3c(Cl)cccc3Cl)cc(Br)c2N)CCCCC1. The van der Waals surface area contributed by atoms with Gasteiger partial charge in [0.05, 0.1) is 34.4 Å². The van der Waals surface area contributed by atoms with Gasteiger partial charge in [0.2, 0.25) is 0 Å². The zero-order valence-electron chi connectivity index (χ0n) is 26.5. The summed E-state index contributed by atoms with van der Waals surface area (Å²) in [6.45, 7) is 3.82. The van der Waals surface area contributed by atoms with E-state index in [0.717, 1.165) is 53.4 Å². The monoisotopic (exact) mass is 730 g/mol. The zero-order valence-corrected chi connectivity index (χ0v) is 29.6. The maximum Gasteiger partial charge on any atom is 0.310 e. The Morgan fingerprint density at radius 3 is 2.39 bits per heavy atom. The predicted molar refractivity (Wildman–Crippen MR) is 193 cm³/mol. The number of rotatable bonds is 16. The molecule has 1 saturated carbocycles. The summed E-state index contributed by atoms with van der Waals surface area (Å²) in [4.78, 5) is 25.5. The van der Waals surface area contributed by atoms with Crippen LogP contribution in [-0.2, 0) is 22.5 Å². The van der Waals surface area contributed by atoms with Gasteiger partial charge in [0.1, 0.15) is 0 Å². The average Bonchev–Trinajstić information content (AvgIpc) is 3.05. The number of carbonyl (C=O) groups excluding carboxylic acids is 2. The van der Waals surface area contributed by atoms with Crippen molar-refractivity contribution in [2.45, 2.75) is 89.6 Å². The summed E-state index contributed by atoms with van der Waals surface area (Å²) >= 11 is 16.2. The molecule has 3 aromatic rings. The smallest absolute Gasteiger partial charge is 0.310 e. The van der Waals surface area contributed by atoms with Crippen molar-refractivity contribution >= 4 is 68.1 Å². The molecule has 46 heavy (non-hydrogen) atoms.